The Morgan fingerprint density at radius 3 is 2.58 bits per heavy atom. The molecule has 0 aliphatic heterocycles. The molecule has 12 heavy (non-hydrogen) atoms. The van der Waals surface area contributed by atoms with E-state index in [2.05, 4.69) is 32.5 Å². The maximum Gasteiger partial charge on any atom is 0.170 e. The van der Waals surface area contributed by atoms with Crippen LogP contribution in [0.2, 0.25) is 0 Å². The molecule has 0 N–H and O–H groups in total. The van der Waals surface area contributed by atoms with Crippen LogP contribution in [0.15, 0.2) is 29.8 Å². The molecular weight excluding hydrogens is 220 g/mol. The highest BCUT2D eigenvalue weighted by atomic mass is 79.9. The van der Waals surface area contributed by atoms with Gasteiger partial charge in [-0.15, -0.1) is 0 Å². The molecule has 1 aromatic heterocycles. The topological polar surface area (TPSA) is 42.9 Å². The predicted molar refractivity (Wildman–Crippen MR) is 49.0 cm³/mol. The number of halogens is 1. The first-order chi connectivity index (χ1) is 5.70. The zero-order valence-corrected chi connectivity index (χ0v) is 7.91. The Bertz CT molecular complexity index is 297. The molecule has 0 bridgehead atoms. The number of aromatic nitrogens is 2. The molecule has 0 atom stereocenters. The highest BCUT2D eigenvalue weighted by molar-refractivity contribution is 9.11. The van der Waals surface area contributed by atoms with E-state index in [4.69, 9.17) is 0 Å². The molecule has 1 aromatic rings. The van der Waals surface area contributed by atoms with Crippen LogP contribution in [0, 0.1) is 0 Å². The fourth-order valence-electron chi connectivity index (χ4n) is 0.719. The van der Waals surface area contributed by atoms with Crippen molar-refractivity contribution in [2.24, 2.45) is 0 Å². The second-order valence-electron chi connectivity index (χ2n) is 2.24. The van der Waals surface area contributed by atoms with Gasteiger partial charge in [-0.05, 0) is 4.48 Å². The second kappa shape index (κ2) is 4.11. The van der Waals surface area contributed by atoms with Crippen molar-refractivity contribution in [2.75, 3.05) is 0 Å². The third-order valence-electron chi connectivity index (χ3n) is 1.23. The molecule has 0 radical (unpaired) electrons. The van der Waals surface area contributed by atoms with Gasteiger partial charge >= 0.3 is 0 Å². The van der Waals surface area contributed by atoms with E-state index in [1.807, 2.05) is 0 Å². The summed E-state index contributed by atoms with van der Waals surface area (Å²) in [6.07, 6.45) is 4.66. The average Bonchev–Trinajstić information content (AvgIpc) is 2.05. The number of rotatable bonds is 3. The van der Waals surface area contributed by atoms with E-state index in [1.54, 1.807) is 0 Å². The minimum absolute atomic E-state index is 0.0301. The van der Waals surface area contributed by atoms with Crippen LogP contribution in [0.4, 0.5) is 0 Å². The monoisotopic (exact) mass is 226 g/mol. The minimum Gasteiger partial charge on any atom is -0.294 e. The summed E-state index contributed by atoms with van der Waals surface area (Å²) in [7, 11) is 0. The summed E-state index contributed by atoms with van der Waals surface area (Å²) >= 11 is 3.12. The van der Waals surface area contributed by atoms with E-state index in [0.29, 0.717) is 10.0 Å². The van der Waals surface area contributed by atoms with Gasteiger partial charge in [0.25, 0.3) is 0 Å². The molecule has 0 unspecified atom stereocenters. The van der Waals surface area contributed by atoms with Gasteiger partial charge in [-0.25, -0.2) is 9.97 Å². The van der Waals surface area contributed by atoms with E-state index < -0.39 is 0 Å². The summed E-state index contributed by atoms with van der Waals surface area (Å²) in [6, 6.07) is 0. The summed E-state index contributed by atoms with van der Waals surface area (Å²) in [5.41, 5.74) is 0.512. The third-order valence-corrected chi connectivity index (χ3v) is 1.52. The van der Waals surface area contributed by atoms with Crippen LogP contribution < -0.4 is 0 Å². The van der Waals surface area contributed by atoms with Gasteiger partial charge in [-0.1, -0.05) is 22.5 Å². The first-order valence-electron chi connectivity index (χ1n) is 3.31. The van der Waals surface area contributed by atoms with E-state index in [-0.39, 0.29) is 12.2 Å². The normalized spacial score (nSPS) is 9.42. The lowest BCUT2D eigenvalue weighted by Crippen LogP contribution is -1.99. The van der Waals surface area contributed by atoms with Crippen LogP contribution in [0.1, 0.15) is 16.8 Å². The Hall–Kier alpha value is -1.03. The first kappa shape index (κ1) is 9.06. The molecule has 3 nitrogen and oxygen atoms in total. The maximum atomic E-state index is 11.3. The minimum atomic E-state index is -0.0301. The third kappa shape index (κ3) is 2.54. The van der Waals surface area contributed by atoms with Crippen molar-refractivity contribution in [3.8, 4) is 0 Å². The molecule has 0 aliphatic rings. The van der Waals surface area contributed by atoms with Crippen molar-refractivity contribution in [2.45, 2.75) is 6.42 Å². The van der Waals surface area contributed by atoms with Crippen LogP contribution in [-0.4, -0.2) is 15.8 Å². The molecular formula is C8H7BrN2O. The van der Waals surface area contributed by atoms with Crippen LogP contribution in [0.5, 0.6) is 0 Å². The zero-order chi connectivity index (χ0) is 8.97. The maximum absolute atomic E-state index is 11.3. The lowest BCUT2D eigenvalue weighted by atomic mass is 10.2. The number of ketones is 1. The van der Waals surface area contributed by atoms with Crippen LogP contribution in [-0.2, 0) is 0 Å². The highest BCUT2D eigenvalue weighted by Gasteiger charge is 2.05. The summed E-state index contributed by atoms with van der Waals surface area (Å²) < 4.78 is 0.663. The first-order valence-corrected chi connectivity index (χ1v) is 4.11. The van der Waals surface area contributed by atoms with E-state index >= 15 is 0 Å². The summed E-state index contributed by atoms with van der Waals surface area (Å²) in [5, 5.41) is 0. The van der Waals surface area contributed by atoms with Crippen LogP contribution in [0.25, 0.3) is 0 Å². The lowest BCUT2D eigenvalue weighted by molar-refractivity contribution is 0.0994. The molecule has 0 spiro atoms. The molecule has 0 aromatic carbocycles. The van der Waals surface area contributed by atoms with Gasteiger partial charge in [0.1, 0.15) is 6.33 Å². The van der Waals surface area contributed by atoms with Crippen molar-refractivity contribution < 1.29 is 4.79 Å². The van der Waals surface area contributed by atoms with Crippen molar-refractivity contribution in [1.29, 1.82) is 0 Å². The fraction of sp³-hybridized carbons (Fsp3) is 0.125. The van der Waals surface area contributed by atoms with Gasteiger partial charge in [0.15, 0.2) is 5.78 Å². The van der Waals surface area contributed by atoms with Crippen molar-refractivity contribution in [1.82, 2.24) is 9.97 Å². The van der Waals surface area contributed by atoms with Gasteiger partial charge in [0, 0.05) is 18.8 Å². The SMILES string of the molecule is C=C(Br)CC(=O)c1cncnc1. The number of nitrogens with zero attached hydrogens (tertiary/aromatic N) is 2. The van der Waals surface area contributed by atoms with Gasteiger partial charge in [-0.3, -0.25) is 4.79 Å². The Labute approximate surface area is 78.7 Å². The number of carbonyl (C=O) groups is 1. The fourth-order valence-corrected chi connectivity index (χ4v) is 0.974. The molecule has 0 saturated carbocycles. The Kier molecular flexibility index (Phi) is 3.10. The Morgan fingerprint density at radius 2 is 2.08 bits per heavy atom. The number of Topliss-reactive ketones (excluding diaryl/α,β-unsaturated/α-hetero) is 1. The van der Waals surface area contributed by atoms with Crippen LogP contribution >= 0.6 is 15.9 Å². The zero-order valence-electron chi connectivity index (χ0n) is 6.33. The molecule has 0 saturated heterocycles. The van der Waals surface area contributed by atoms with Gasteiger partial charge in [0.05, 0.1) is 5.56 Å². The summed E-state index contributed by atoms with van der Waals surface area (Å²) in [4.78, 5) is 18.8. The molecule has 0 fully saturated rings. The lowest BCUT2D eigenvalue weighted by Gasteiger charge is -1.96. The van der Waals surface area contributed by atoms with Gasteiger partial charge in [-0.2, -0.15) is 0 Å². The summed E-state index contributed by atoms with van der Waals surface area (Å²) in [5.74, 6) is -0.0301. The van der Waals surface area contributed by atoms with Crippen LogP contribution in [0.3, 0.4) is 0 Å². The molecule has 0 aliphatic carbocycles. The number of allylic oxidation sites excluding steroid dienone is 1. The Balaban J connectivity index is 2.73. The van der Waals surface area contributed by atoms with Crippen molar-refractivity contribution >= 4 is 21.7 Å². The molecule has 1 heterocycles. The second-order valence-corrected chi connectivity index (χ2v) is 3.37. The standard InChI is InChI=1S/C8H7BrN2O/c1-6(9)2-8(12)7-3-10-5-11-4-7/h3-5H,1-2H2. The number of hydrogen-bond acceptors (Lipinski definition) is 3. The number of carbonyl (C=O) groups excluding carboxylic acids is 1. The van der Waals surface area contributed by atoms with E-state index in [0.717, 1.165) is 0 Å². The molecule has 62 valence electrons. The van der Waals surface area contributed by atoms with Crippen molar-refractivity contribution in [3.05, 3.63) is 35.3 Å². The van der Waals surface area contributed by atoms with Gasteiger partial charge < -0.3 is 0 Å². The summed E-state index contributed by atoms with van der Waals surface area (Å²) in [6.45, 7) is 3.58. The van der Waals surface area contributed by atoms with Gasteiger partial charge in [0.2, 0.25) is 0 Å². The smallest absolute Gasteiger partial charge is 0.170 e. The quantitative estimate of drug-likeness (QED) is 0.741. The predicted octanol–water partition coefficient (Wildman–Crippen LogP) is 1.96. The van der Waals surface area contributed by atoms with Crippen molar-refractivity contribution in [3.63, 3.8) is 0 Å². The molecule has 1 rings (SSSR count). The highest BCUT2D eigenvalue weighted by Crippen LogP contribution is 2.10. The van der Waals surface area contributed by atoms with E-state index in [1.165, 1.54) is 18.7 Å². The number of hydrogen-bond donors (Lipinski definition) is 0. The average molecular weight is 227 g/mol. The molecule has 4 heteroatoms. The Morgan fingerprint density at radius 1 is 1.50 bits per heavy atom. The largest absolute Gasteiger partial charge is 0.294 e. The van der Waals surface area contributed by atoms with E-state index in [9.17, 15) is 4.79 Å². The molecule has 0 amide bonds.